The van der Waals surface area contributed by atoms with Crippen LogP contribution in [0.25, 0.3) is 0 Å². The van der Waals surface area contributed by atoms with Crippen molar-refractivity contribution in [2.45, 2.75) is 24.8 Å². The van der Waals surface area contributed by atoms with E-state index in [1.165, 1.54) is 0 Å². The average Bonchev–Trinajstić information content (AvgIpc) is 2.72. The Balaban J connectivity index is 1.59. The summed E-state index contributed by atoms with van der Waals surface area (Å²) in [7, 11) is 0. The van der Waals surface area contributed by atoms with Crippen molar-refractivity contribution in [1.29, 1.82) is 0 Å². The van der Waals surface area contributed by atoms with Crippen LogP contribution in [-0.2, 0) is 21.5 Å². The van der Waals surface area contributed by atoms with Crippen LogP contribution < -0.4 is 14.8 Å². The smallest absolute Gasteiger partial charge is 0.231 e. The van der Waals surface area contributed by atoms with Gasteiger partial charge in [-0.25, -0.2) is 0 Å². The predicted octanol–water partition coefficient (Wildman–Crippen LogP) is 4.13. The Hall–Kier alpha value is -1.95. The van der Waals surface area contributed by atoms with Gasteiger partial charge >= 0.3 is 0 Å². The molecular formula is C21H21Cl2NO4. The first-order chi connectivity index (χ1) is 13.6. The molecule has 1 saturated heterocycles. The third kappa shape index (κ3) is 3.66. The van der Waals surface area contributed by atoms with Crippen molar-refractivity contribution in [3.05, 3.63) is 57.6 Å². The molecule has 0 saturated carbocycles. The van der Waals surface area contributed by atoms with Gasteiger partial charge in [-0.15, -0.1) is 0 Å². The fourth-order valence-corrected chi connectivity index (χ4v) is 4.42. The van der Waals surface area contributed by atoms with Crippen LogP contribution in [0.15, 0.2) is 36.4 Å². The molecule has 28 heavy (non-hydrogen) atoms. The van der Waals surface area contributed by atoms with Gasteiger partial charge in [-0.2, -0.15) is 0 Å². The molecule has 2 heterocycles. The number of carbonyl (C=O) groups is 1. The molecule has 1 fully saturated rings. The zero-order chi connectivity index (χ0) is 19.6. The normalized spacial score (nSPS) is 17.8. The first kappa shape index (κ1) is 19.4. The summed E-state index contributed by atoms with van der Waals surface area (Å²) in [6.07, 6.45) is 1.12. The SMILES string of the molecule is O=C(NCc1cccc2c1OCCO2)C1(c2ccc(Cl)cc2Cl)CCOCC1. The zero-order valence-corrected chi connectivity index (χ0v) is 16.8. The van der Waals surface area contributed by atoms with Crippen molar-refractivity contribution in [3.63, 3.8) is 0 Å². The average molecular weight is 422 g/mol. The monoisotopic (exact) mass is 421 g/mol. The maximum Gasteiger partial charge on any atom is 0.231 e. The number of para-hydroxylation sites is 1. The lowest BCUT2D eigenvalue weighted by Crippen LogP contribution is -2.48. The molecule has 0 radical (unpaired) electrons. The van der Waals surface area contributed by atoms with Crippen molar-refractivity contribution in [1.82, 2.24) is 5.32 Å². The highest BCUT2D eigenvalue weighted by Gasteiger charge is 2.43. The molecule has 5 nitrogen and oxygen atoms in total. The molecule has 0 atom stereocenters. The lowest BCUT2D eigenvalue weighted by atomic mass is 9.73. The van der Waals surface area contributed by atoms with Crippen molar-refractivity contribution >= 4 is 29.1 Å². The highest BCUT2D eigenvalue weighted by Crippen LogP contribution is 2.40. The molecule has 0 bridgehead atoms. The minimum absolute atomic E-state index is 0.0747. The number of amides is 1. The second-order valence-electron chi connectivity index (χ2n) is 6.94. The molecule has 7 heteroatoms. The van der Waals surface area contributed by atoms with Gasteiger partial charge in [-0.1, -0.05) is 41.4 Å². The summed E-state index contributed by atoms with van der Waals surface area (Å²) in [6.45, 7) is 2.38. The lowest BCUT2D eigenvalue weighted by molar-refractivity contribution is -0.130. The van der Waals surface area contributed by atoms with E-state index in [0.717, 1.165) is 11.1 Å². The van der Waals surface area contributed by atoms with E-state index in [1.807, 2.05) is 24.3 Å². The van der Waals surface area contributed by atoms with E-state index in [-0.39, 0.29) is 5.91 Å². The molecule has 1 amide bonds. The molecule has 0 aliphatic carbocycles. The summed E-state index contributed by atoms with van der Waals surface area (Å²) >= 11 is 12.5. The molecule has 2 aromatic carbocycles. The number of ether oxygens (including phenoxy) is 3. The van der Waals surface area contributed by atoms with Crippen LogP contribution in [0.3, 0.4) is 0 Å². The minimum Gasteiger partial charge on any atom is -0.486 e. The number of hydrogen-bond donors (Lipinski definition) is 1. The molecule has 0 unspecified atom stereocenters. The van der Waals surface area contributed by atoms with Gasteiger partial charge in [0, 0.05) is 35.4 Å². The fourth-order valence-electron chi connectivity index (χ4n) is 3.83. The van der Waals surface area contributed by atoms with E-state index in [0.29, 0.717) is 67.4 Å². The van der Waals surface area contributed by atoms with Gasteiger partial charge in [0.25, 0.3) is 0 Å². The van der Waals surface area contributed by atoms with Crippen LogP contribution in [0.1, 0.15) is 24.0 Å². The van der Waals surface area contributed by atoms with Gasteiger partial charge < -0.3 is 19.5 Å². The Morgan fingerprint density at radius 1 is 1.04 bits per heavy atom. The zero-order valence-electron chi connectivity index (χ0n) is 15.3. The standard InChI is InChI=1S/C21H21Cl2NO4/c22-15-4-5-16(17(23)12-15)21(6-8-26-9-7-21)20(25)24-13-14-2-1-3-18-19(14)28-11-10-27-18/h1-5,12H,6-11,13H2,(H,24,25). The van der Waals surface area contributed by atoms with Crippen LogP contribution >= 0.6 is 23.2 Å². The Kier molecular flexibility index (Phi) is 5.67. The van der Waals surface area contributed by atoms with E-state index < -0.39 is 5.41 Å². The van der Waals surface area contributed by atoms with Gasteiger partial charge in [-0.3, -0.25) is 4.79 Å². The lowest BCUT2D eigenvalue weighted by Gasteiger charge is -2.37. The molecule has 0 spiro atoms. The second kappa shape index (κ2) is 8.19. The summed E-state index contributed by atoms with van der Waals surface area (Å²) in [5.41, 5.74) is 0.926. The third-order valence-corrected chi connectivity index (χ3v) is 5.86. The van der Waals surface area contributed by atoms with Crippen LogP contribution in [0.2, 0.25) is 10.0 Å². The molecular weight excluding hydrogens is 401 g/mol. The second-order valence-corrected chi connectivity index (χ2v) is 7.79. The first-order valence-electron chi connectivity index (χ1n) is 9.29. The van der Waals surface area contributed by atoms with Crippen LogP contribution in [0.5, 0.6) is 11.5 Å². The van der Waals surface area contributed by atoms with Crippen molar-refractivity contribution < 1.29 is 19.0 Å². The predicted molar refractivity (Wildman–Crippen MR) is 107 cm³/mol. The number of hydrogen-bond acceptors (Lipinski definition) is 4. The van der Waals surface area contributed by atoms with Crippen molar-refractivity contribution in [2.24, 2.45) is 0 Å². The summed E-state index contributed by atoms with van der Waals surface area (Å²) in [5.74, 6) is 1.33. The maximum atomic E-state index is 13.4. The summed E-state index contributed by atoms with van der Waals surface area (Å²) < 4.78 is 16.9. The largest absolute Gasteiger partial charge is 0.486 e. The fraction of sp³-hybridized carbons (Fsp3) is 0.381. The molecule has 2 aromatic rings. The van der Waals surface area contributed by atoms with Crippen molar-refractivity contribution in [2.75, 3.05) is 26.4 Å². The maximum absolute atomic E-state index is 13.4. The number of benzene rings is 2. The van der Waals surface area contributed by atoms with Crippen LogP contribution in [0, 0.1) is 0 Å². The molecule has 2 aliphatic rings. The highest BCUT2D eigenvalue weighted by atomic mass is 35.5. The van der Waals surface area contributed by atoms with Gasteiger partial charge in [0.2, 0.25) is 5.91 Å². The number of nitrogens with one attached hydrogen (secondary N) is 1. The highest BCUT2D eigenvalue weighted by molar-refractivity contribution is 6.35. The third-order valence-electron chi connectivity index (χ3n) is 5.31. The summed E-state index contributed by atoms with van der Waals surface area (Å²) in [5, 5.41) is 4.12. The van der Waals surface area contributed by atoms with Gasteiger partial charge in [0.15, 0.2) is 11.5 Å². The molecule has 1 N–H and O–H groups in total. The number of halogens is 2. The van der Waals surface area contributed by atoms with E-state index in [2.05, 4.69) is 5.32 Å². The Morgan fingerprint density at radius 2 is 1.82 bits per heavy atom. The topological polar surface area (TPSA) is 56.8 Å². The van der Waals surface area contributed by atoms with Gasteiger partial charge in [-0.05, 0) is 36.6 Å². The van der Waals surface area contributed by atoms with Gasteiger partial charge in [0.05, 0.1) is 5.41 Å². The molecule has 0 aromatic heterocycles. The van der Waals surface area contributed by atoms with E-state index in [9.17, 15) is 4.79 Å². The summed E-state index contributed by atoms with van der Waals surface area (Å²) in [4.78, 5) is 13.4. The van der Waals surface area contributed by atoms with E-state index >= 15 is 0 Å². The summed E-state index contributed by atoms with van der Waals surface area (Å²) in [6, 6.07) is 11.0. The Morgan fingerprint density at radius 3 is 2.61 bits per heavy atom. The van der Waals surface area contributed by atoms with E-state index in [4.69, 9.17) is 37.4 Å². The minimum atomic E-state index is -0.744. The number of carbonyl (C=O) groups excluding carboxylic acids is 1. The Bertz CT molecular complexity index is 881. The quantitative estimate of drug-likeness (QED) is 0.805. The van der Waals surface area contributed by atoms with Crippen LogP contribution in [-0.4, -0.2) is 32.3 Å². The Labute approximate surface area is 173 Å². The molecule has 148 valence electrons. The van der Waals surface area contributed by atoms with E-state index in [1.54, 1.807) is 12.1 Å². The van der Waals surface area contributed by atoms with Crippen molar-refractivity contribution in [3.8, 4) is 11.5 Å². The number of fused-ring (bicyclic) bond motifs is 1. The molecule has 4 rings (SSSR count). The molecule has 2 aliphatic heterocycles. The van der Waals surface area contributed by atoms with Gasteiger partial charge in [0.1, 0.15) is 13.2 Å². The van der Waals surface area contributed by atoms with Crippen LogP contribution in [0.4, 0.5) is 0 Å². The first-order valence-corrected chi connectivity index (χ1v) is 10.0. The number of rotatable bonds is 4.